The molecule has 0 saturated heterocycles. The third kappa shape index (κ3) is 1.61. The van der Waals surface area contributed by atoms with E-state index >= 15 is 0 Å². The molecule has 4 N–H and O–H groups in total. The first kappa shape index (κ1) is 9.17. The first-order chi connectivity index (χ1) is 6.66. The minimum atomic E-state index is -0.977. The van der Waals surface area contributed by atoms with E-state index in [0.717, 1.165) is 15.2 Å². The molecule has 2 rings (SSSR count). The van der Waals surface area contributed by atoms with Crippen molar-refractivity contribution in [1.82, 2.24) is 9.97 Å². The van der Waals surface area contributed by atoms with Gasteiger partial charge in [0.15, 0.2) is 0 Å². The number of nitrogens with two attached hydrogens (primary N) is 1. The quantitative estimate of drug-likeness (QED) is 0.692. The second kappa shape index (κ2) is 3.39. The van der Waals surface area contributed by atoms with Crippen LogP contribution in [0.4, 0.5) is 0 Å². The summed E-state index contributed by atoms with van der Waals surface area (Å²) in [5, 5.41) is 8.62. The van der Waals surface area contributed by atoms with E-state index in [2.05, 4.69) is 9.97 Å². The van der Waals surface area contributed by atoms with Gasteiger partial charge in [0, 0.05) is 11.3 Å². The molecule has 14 heavy (non-hydrogen) atoms. The summed E-state index contributed by atoms with van der Waals surface area (Å²) in [5.41, 5.74) is 6.35. The molecule has 0 spiro atoms. The maximum atomic E-state index is 10.5. The number of hydrogen-bond acceptors (Lipinski definition) is 4. The Morgan fingerprint density at radius 2 is 2.57 bits per heavy atom. The van der Waals surface area contributed by atoms with Crippen molar-refractivity contribution in [3.05, 3.63) is 17.3 Å². The number of imidazole rings is 1. The SMILES string of the molecule is NC(Cc1cc2[nH]cnc2s1)C(=O)O. The number of nitrogens with one attached hydrogen (secondary N) is 1. The lowest BCUT2D eigenvalue weighted by Gasteiger charge is -2.02. The largest absolute Gasteiger partial charge is 0.480 e. The molecule has 0 fully saturated rings. The van der Waals surface area contributed by atoms with Crippen LogP contribution in [0.15, 0.2) is 12.4 Å². The average Bonchev–Trinajstić information content (AvgIpc) is 2.63. The smallest absolute Gasteiger partial charge is 0.320 e. The number of thiophene rings is 1. The van der Waals surface area contributed by atoms with Gasteiger partial charge in [-0.2, -0.15) is 0 Å². The molecule has 0 aromatic carbocycles. The molecule has 6 heteroatoms. The van der Waals surface area contributed by atoms with E-state index in [1.54, 1.807) is 6.33 Å². The van der Waals surface area contributed by atoms with Crippen molar-refractivity contribution < 1.29 is 9.90 Å². The molecule has 0 aliphatic rings. The molecule has 0 radical (unpaired) electrons. The first-order valence-corrected chi connectivity index (χ1v) is 4.88. The molecule has 0 aliphatic carbocycles. The fraction of sp³-hybridized carbons (Fsp3) is 0.250. The zero-order valence-corrected chi connectivity index (χ0v) is 8.04. The topological polar surface area (TPSA) is 92.0 Å². The molecule has 5 nitrogen and oxygen atoms in total. The lowest BCUT2D eigenvalue weighted by atomic mass is 10.2. The highest BCUT2D eigenvalue weighted by Crippen LogP contribution is 2.22. The van der Waals surface area contributed by atoms with Gasteiger partial charge in [0.1, 0.15) is 10.9 Å². The lowest BCUT2D eigenvalue weighted by Crippen LogP contribution is -2.31. The highest BCUT2D eigenvalue weighted by molar-refractivity contribution is 7.18. The first-order valence-electron chi connectivity index (χ1n) is 4.07. The molecule has 2 aromatic heterocycles. The Morgan fingerprint density at radius 3 is 3.21 bits per heavy atom. The van der Waals surface area contributed by atoms with E-state index in [-0.39, 0.29) is 0 Å². The molecule has 2 heterocycles. The van der Waals surface area contributed by atoms with E-state index in [1.165, 1.54) is 11.3 Å². The van der Waals surface area contributed by atoms with Crippen LogP contribution in [0.1, 0.15) is 4.88 Å². The Balaban J connectivity index is 2.19. The van der Waals surface area contributed by atoms with Crippen molar-refractivity contribution in [2.45, 2.75) is 12.5 Å². The van der Waals surface area contributed by atoms with Gasteiger partial charge in [0.2, 0.25) is 0 Å². The Labute approximate surface area is 83.6 Å². The second-order valence-electron chi connectivity index (χ2n) is 2.98. The van der Waals surface area contributed by atoms with Crippen LogP contribution in [0.25, 0.3) is 10.3 Å². The summed E-state index contributed by atoms with van der Waals surface area (Å²) in [6.45, 7) is 0. The van der Waals surface area contributed by atoms with Gasteiger partial charge in [0.05, 0.1) is 11.8 Å². The van der Waals surface area contributed by atoms with Crippen molar-refractivity contribution in [3.63, 3.8) is 0 Å². The van der Waals surface area contributed by atoms with Gasteiger partial charge < -0.3 is 15.8 Å². The average molecular weight is 211 g/mol. The van der Waals surface area contributed by atoms with Crippen LogP contribution in [0.3, 0.4) is 0 Å². The van der Waals surface area contributed by atoms with E-state index in [4.69, 9.17) is 10.8 Å². The van der Waals surface area contributed by atoms with Crippen molar-refractivity contribution in [2.75, 3.05) is 0 Å². The Bertz CT molecular complexity index is 433. The Morgan fingerprint density at radius 1 is 1.79 bits per heavy atom. The van der Waals surface area contributed by atoms with Crippen LogP contribution in [0.2, 0.25) is 0 Å². The van der Waals surface area contributed by atoms with E-state index < -0.39 is 12.0 Å². The molecule has 1 atom stereocenters. The van der Waals surface area contributed by atoms with Crippen LogP contribution in [0, 0.1) is 0 Å². The van der Waals surface area contributed by atoms with Crippen LogP contribution < -0.4 is 5.73 Å². The third-order valence-corrected chi connectivity index (χ3v) is 2.97. The number of nitrogens with zero attached hydrogens (tertiary/aromatic N) is 1. The summed E-state index contributed by atoms with van der Waals surface area (Å²) in [6.07, 6.45) is 1.96. The standard InChI is InChI=1S/C8H9N3O2S/c9-5(8(12)13)1-4-2-6-7(14-4)11-3-10-6/h2-3,5H,1,9H2,(H,10,11)(H,12,13). The minimum Gasteiger partial charge on any atom is -0.480 e. The maximum Gasteiger partial charge on any atom is 0.320 e. The molecular formula is C8H9N3O2S. The molecule has 0 amide bonds. The third-order valence-electron chi connectivity index (χ3n) is 1.90. The minimum absolute atomic E-state index is 0.351. The van der Waals surface area contributed by atoms with Gasteiger partial charge in [-0.05, 0) is 6.07 Å². The zero-order chi connectivity index (χ0) is 10.1. The van der Waals surface area contributed by atoms with Crippen LogP contribution in [-0.4, -0.2) is 27.1 Å². The van der Waals surface area contributed by atoms with Gasteiger partial charge in [-0.1, -0.05) is 0 Å². The molecule has 1 unspecified atom stereocenters. The fourth-order valence-electron chi connectivity index (χ4n) is 1.20. The van der Waals surface area contributed by atoms with Crippen LogP contribution >= 0.6 is 11.3 Å². The maximum absolute atomic E-state index is 10.5. The number of carbonyl (C=O) groups is 1. The number of H-pyrrole nitrogens is 1. The normalized spacial score (nSPS) is 13.2. The Kier molecular flexibility index (Phi) is 2.22. The van der Waals surface area contributed by atoms with Crippen LogP contribution in [-0.2, 0) is 11.2 Å². The van der Waals surface area contributed by atoms with E-state index in [1.807, 2.05) is 6.07 Å². The Hall–Kier alpha value is -1.40. The molecule has 0 aliphatic heterocycles. The van der Waals surface area contributed by atoms with E-state index in [9.17, 15) is 4.79 Å². The number of aromatic nitrogens is 2. The molecule has 0 saturated carbocycles. The predicted octanol–water partition coefficient (Wildman–Crippen LogP) is 0.579. The number of aromatic amines is 1. The van der Waals surface area contributed by atoms with Crippen LogP contribution in [0.5, 0.6) is 0 Å². The van der Waals surface area contributed by atoms with Gasteiger partial charge in [0.25, 0.3) is 0 Å². The summed E-state index contributed by atoms with van der Waals surface area (Å²) < 4.78 is 0. The molecular weight excluding hydrogens is 202 g/mol. The van der Waals surface area contributed by atoms with Gasteiger partial charge in [-0.3, -0.25) is 4.79 Å². The lowest BCUT2D eigenvalue weighted by molar-refractivity contribution is -0.138. The number of fused-ring (bicyclic) bond motifs is 1. The van der Waals surface area contributed by atoms with Crippen molar-refractivity contribution in [3.8, 4) is 0 Å². The van der Waals surface area contributed by atoms with Crippen molar-refractivity contribution in [2.24, 2.45) is 5.73 Å². The monoisotopic (exact) mass is 211 g/mol. The predicted molar refractivity (Wildman–Crippen MR) is 53.3 cm³/mol. The number of carboxylic acids is 1. The number of rotatable bonds is 3. The fourth-order valence-corrected chi connectivity index (χ4v) is 2.22. The van der Waals surface area contributed by atoms with Crippen molar-refractivity contribution in [1.29, 1.82) is 0 Å². The van der Waals surface area contributed by atoms with Gasteiger partial charge in [-0.15, -0.1) is 11.3 Å². The summed E-state index contributed by atoms with van der Waals surface area (Å²) in [6, 6.07) is 1.05. The second-order valence-corrected chi connectivity index (χ2v) is 4.10. The molecule has 0 bridgehead atoms. The van der Waals surface area contributed by atoms with Gasteiger partial charge in [-0.25, -0.2) is 4.98 Å². The zero-order valence-electron chi connectivity index (χ0n) is 7.23. The van der Waals surface area contributed by atoms with Gasteiger partial charge >= 0.3 is 5.97 Å². The van der Waals surface area contributed by atoms with E-state index in [0.29, 0.717) is 6.42 Å². The van der Waals surface area contributed by atoms with Crippen molar-refractivity contribution >= 4 is 27.7 Å². The highest BCUT2D eigenvalue weighted by Gasteiger charge is 2.14. The highest BCUT2D eigenvalue weighted by atomic mass is 32.1. The number of carboxylic acid groups (broad SMARTS) is 1. The summed E-state index contributed by atoms with van der Waals surface area (Å²) in [7, 11) is 0. The summed E-state index contributed by atoms with van der Waals surface area (Å²) >= 11 is 1.46. The number of aliphatic carboxylic acids is 1. The summed E-state index contributed by atoms with van der Waals surface area (Å²) in [5.74, 6) is -0.977. The molecule has 2 aromatic rings. The summed E-state index contributed by atoms with van der Waals surface area (Å²) in [4.78, 5) is 19.4. The molecule has 74 valence electrons. The number of hydrogen-bond donors (Lipinski definition) is 3.